The van der Waals surface area contributed by atoms with E-state index in [0.717, 1.165) is 6.42 Å². The summed E-state index contributed by atoms with van der Waals surface area (Å²) in [6.45, 7) is 12.2. The van der Waals surface area contributed by atoms with E-state index in [-0.39, 0.29) is 0 Å². The standard InChI is InChI=1S/C8H11N.2C2H6/c1-3-8-4-7(2)5-9-6-8;2*1-2/h4-6H,3H2,1-2H3;2*1-2H3. The predicted octanol–water partition coefficient (Wildman–Crippen LogP) is 4.00. The van der Waals surface area contributed by atoms with Gasteiger partial charge in [0.05, 0.1) is 0 Å². The Morgan fingerprint density at radius 3 is 1.92 bits per heavy atom. The van der Waals surface area contributed by atoms with E-state index in [2.05, 4.69) is 24.9 Å². The van der Waals surface area contributed by atoms with Gasteiger partial charge in [0.25, 0.3) is 0 Å². The van der Waals surface area contributed by atoms with Crippen molar-refractivity contribution < 1.29 is 0 Å². The van der Waals surface area contributed by atoms with Crippen LogP contribution in [0.5, 0.6) is 0 Å². The minimum atomic E-state index is 1.08. The molecule has 0 aliphatic heterocycles. The highest BCUT2D eigenvalue weighted by Gasteiger charge is 1.87. The summed E-state index contributed by atoms with van der Waals surface area (Å²) < 4.78 is 0. The number of hydrogen-bond donors (Lipinski definition) is 0. The summed E-state index contributed by atoms with van der Waals surface area (Å²) in [7, 11) is 0. The molecule has 1 aromatic heterocycles. The van der Waals surface area contributed by atoms with Gasteiger partial charge >= 0.3 is 0 Å². The lowest BCUT2D eigenvalue weighted by atomic mass is 10.2. The van der Waals surface area contributed by atoms with Crippen molar-refractivity contribution in [3.63, 3.8) is 0 Å². The van der Waals surface area contributed by atoms with Crippen LogP contribution < -0.4 is 0 Å². The first kappa shape index (κ1) is 14.7. The van der Waals surface area contributed by atoms with E-state index in [0.29, 0.717) is 0 Å². The highest BCUT2D eigenvalue weighted by Crippen LogP contribution is 2.00. The summed E-state index contributed by atoms with van der Waals surface area (Å²) in [6, 6.07) is 2.16. The second kappa shape index (κ2) is 11.2. The lowest BCUT2D eigenvalue weighted by Gasteiger charge is -1.94. The number of rotatable bonds is 1. The van der Waals surface area contributed by atoms with Gasteiger partial charge in [-0.1, -0.05) is 40.7 Å². The summed E-state index contributed by atoms with van der Waals surface area (Å²) in [5, 5.41) is 0. The molecule has 0 saturated carbocycles. The van der Waals surface area contributed by atoms with Crippen LogP contribution >= 0.6 is 0 Å². The van der Waals surface area contributed by atoms with E-state index in [9.17, 15) is 0 Å². The summed E-state index contributed by atoms with van der Waals surface area (Å²) in [5.74, 6) is 0. The Labute approximate surface area is 83.2 Å². The van der Waals surface area contributed by atoms with Crippen molar-refractivity contribution in [1.82, 2.24) is 4.98 Å². The molecule has 0 N–H and O–H groups in total. The minimum Gasteiger partial charge on any atom is -0.264 e. The molecule has 1 heteroatoms. The molecule has 0 bridgehead atoms. The lowest BCUT2D eigenvalue weighted by Crippen LogP contribution is -1.82. The van der Waals surface area contributed by atoms with Gasteiger partial charge in [-0.2, -0.15) is 0 Å². The van der Waals surface area contributed by atoms with Crippen LogP contribution in [-0.4, -0.2) is 4.98 Å². The number of nitrogens with zero attached hydrogens (tertiary/aromatic N) is 1. The SMILES string of the molecule is CC.CC.CCc1cncc(C)c1. The third kappa shape index (κ3) is 7.51. The zero-order chi connectivity index (χ0) is 10.7. The zero-order valence-electron chi connectivity index (χ0n) is 9.89. The second-order valence-corrected chi connectivity index (χ2v) is 2.22. The molecule has 0 radical (unpaired) electrons. The predicted molar refractivity (Wildman–Crippen MR) is 61.0 cm³/mol. The van der Waals surface area contributed by atoms with Gasteiger partial charge in [-0.05, 0) is 24.5 Å². The largest absolute Gasteiger partial charge is 0.264 e. The molecular weight excluding hydrogens is 158 g/mol. The van der Waals surface area contributed by atoms with Gasteiger partial charge in [-0.25, -0.2) is 0 Å². The average Bonchev–Trinajstić information content (AvgIpc) is 2.24. The van der Waals surface area contributed by atoms with Crippen LogP contribution in [0.15, 0.2) is 18.5 Å². The van der Waals surface area contributed by atoms with E-state index < -0.39 is 0 Å². The Morgan fingerprint density at radius 2 is 1.62 bits per heavy atom. The van der Waals surface area contributed by atoms with Crippen molar-refractivity contribution in [3.05, 3.63) is 29.6 Å². The molecule has 0 amide bonds. The van der Waals surface area contributed by atoms with Crippen LogP contribution in [-0.2, 0) is 6.42 Å². The molecule has 76 valence electrons. The Hall–Kier alpha value is -0.850. The minimum absolute atomic E-state index is 1.08. The monoisotopic (exact) mass is 181 g/mol. The van der Waals surface area contributed by atoms with Gasteiger partial charge in [-0.15, -0.1) is 0 Å². The van der Waals surface area contributed by atoms with Crippen LogP contribution in [0.25, 0.3) is 0 Å². The summed E-state index contributed by atoms with van der Waals surface area (Å²) in [6.07, 6.45) is 4.86. The topological polar surface area (TPSA) is 12.9 Å². The van der Waals surface area contributed by atoms with E-state index in [4.69, 9.17) is 0 Å². The van der Waals surface area contributed by atoms with Gasteiger partial charge < -0.3 is 0 Å². The van der Waals surface area contributed by atoms with Crippen LogP contribution in [0.2, 0.25) is 0 Å². The Morgan fingerprint density at radius 1 is 1.08 bits per heavy atom. The zero-order valence-corrected chi connectivity index (χ0v) is 9.89. The highest BCUT2D eigenvalue weighted by atomic mass is 14.6. The Balaban J connectivity index is 0. The Bertz CT molecular complexity index is 194. The van der Waals surface area contributed by atoms with Crippen molar-refractivity contribution in [2.45, 2.75) is 48.0 Å². The fraction of sp³-hybridized carbons (Fsp3) is 0.583. The lowest BCUT2D eigenvalue weighted by molar-refractivity contribution is 1.09. The van der Waals surface area contributed by atoms with Crippen LogP contribution in [0.3, 0.4) is 0 Å². The van der Waals surface area contributed by atoms with Crippen LogP contribution in [0, 0.1) is 6.92 Å². The van der Waals surface area contributed by atoms with Gasteiger partial charge in [0, 0.05) is 12.4 Å². The normalized spacial score (nSPS) is 7.54. The molecule has 0 aliphatic carbocycles. The van der Waals surface area contributed by atoms with Gasteiger partial charge in [0.15, 0.2) is 0 Å². The van der Waals surface area contributed by atoms with E-state index in [1.54, 1.807) is 0 Å². The average molecular weight is 181 g/mol. The fourth-order valence-electron chi connectivity index (χ4n) is 0.811. The van der Waals surface area contributed by atoms with E-state index in [1.165, 1.54) is 11.1 Å². The summed E-state index contributed by atoms with van der Waals surface area (Å²) in [4.78, 5) is 4.06. The number of hydrogen-bond acceptors (Lipinski definition) is 1. The third-order valence-corrected chi connectivity index (χ3v) is 1.34. The fourth-order valence-corrected chi connectivity index (χ4v) is 0.811. The third-order valence-electron chi connectivity index (χ3n) is 1.34. The van der Waals surface area contributed by atoms with E-state index >= 15 is 0 Å². The molecule has 13 heavy (non-hydrogen) atoms. The van der Waals surface area contributed by atoms with Crippen molar-refractivity contribution in [3.8, 4) is 0 Å². The summed E-state index contributed by atoms with van der Waals surface area (Å²) >= 11 is 0. The van der Waals surface area contributed by atoms with Crippen molar-refractivity contribution in [1.29, 1.82) is 0 Å². The summed E-state index contributed by atoms with van der Waals surface area (Å²) in [5.41, 5.74) is 2.56. The first-order valence-electron chi connectivity index (χ1n) is 5.23. The first-order chi connectivity index (χ1) is 6.33. The van der Waals surface area contributed by atoms with Crippen LogP contribution in [0.4, 0.5) is 0 Å². The smallest absolute Gasteiger partial charge is 0.0299 e. The molecule has 1 aromatic rings. The molecule has 0 unspecified atom stereocenters. The molecule has 0 aliphatic rings. The molecule has 0 aromatic carbocycles. The number of pyridine rings is 1. The van der Waals surface area contributed by atoms with Crippen molar-refractivity contribution in [2.75, 3.05) is 0 Å². The molecule has 1 heterocycles. The quantitative estimate of drug-likeness (QED) is 0.638. The Kier molecular flexibility index (Phi) is 12.6. The van der Waals surface area contributed by atoms with Crippen molar-refractivity contribution >= 4 is 0 Å². The maximum absolute atomic E-state index is 4.06. The molecule has 1 nitrogen and oxygen atoms in total. The van der Waals surface area contributed by atoms with Crippen molar-refractivity contribution in [2.24, 2.45) is 0 Å². The molecule has 0 saturated heterocycles. The highest BCUT2D eigenvalue weighted by molar-refractivity contribution is 5.15. The van der Waals surface area contributed by atoms with Gasteiger partial charge in [0.1, 0.15) is 0 Å². The molecule has 0 fully saturated rings. The van der Waals surface area contributed by atoms with Gasteiger partial charge in [0.2, 0.25) is 0 Å². The molecular formula is C12H23N. The maximum Gasteiger partial charge on any atom is 0.0299 e. The number of aromatic nitrogens is 1. The second-order valence-electron chi connectivity index (χ2n) is 2.22. The molecule has 1 rings (SSSR count). The van der Waals surface area contributed by atoms with Crippen LogP contribution in [0.1, 0.15) is 45.7 Å². The van der Waals surface area contributed by atoms with E-state index in [1.807, 2.05) is 40.1 Å². The maximum atomic E-state index is 4.06. The first-order valence-corrected chi connectivity index (χ1v) is 5.23. The molecule has 0 atom stereocenters. The molecule has 0 spiro atoms. The number of aryl methyl sites for hydroxylation is 2. The van der Waals surface area contributed by atoms with Gasteiger partial charge in [-0.3, -0.25) is 4.98 Å².